The first-order valence-corrected chi connectivity index (χ1v) is 10.4. The van der Waals surface area contributed by atoms with E-state index in [1.807, 2.05) is 23.7 Å². The summed E-state index contributed by atoms with van der Waals surface area (Å²) in [5.41, 5.74) is 7.79. The van der Waals surface area contributed by atoms with Crippen molar-refractivity contribution in [2.75, 3.05) is 37.6 Å². The molecule has 1 aromatic carbocycles. The van der Waals surface area contributed by atoms with Crippen molar-refractivity contribution in [1.82, 2.24) is 9.88 Å². The zero-order valence-electron chi connectivity index (χ0n) is 14.8. The summed E-state index contributed by atoms with van der Waals surface area (Å²) < 4.78 is 0. The van der Waals surface area contributed by atoms with Crippen LogP contribution in [0.2, 0.25) is 5.02 Å². The van der Waals surface area contributed by atoms with Gasteiger partial charge in [-0.05, 0) is 30.5 Å². The van der Waals surface area contributed by atoms with Gasteiger partial charge >= 0.3 is 0 Å². The number of hydrogen-bond acceptors (Lipinski definition) is 4. The van der Waals surface area contributed by atoms with E-state index in [-0.39, 0.29) is 5.41 Å². The first-order valence-electron chi connectivity index (χ1n) is 9.12. The molecule has 1 aliphatic carbocycles. The lowest BCUT2D eigenvalue weighted by Crippen LogP contribution is -2.51. The largest absolute Gasteiger partial charge is 0.370 e. The minimum atomic E-state index is 0.137. The number of thiazole rings is 1. The van der Waals surface area contributed by atoms with E-state index in [0.29, 0.717) is 5.96 Å². The lowest BCUT2D eigenvalue weighted by atomic mass is 9.64. The number of anilines is 1. The van der Waals surface area contributed by atoms with Crippen LogP contribution in [0.25, 0.3) is 0 Å². The van der Waals surface area contributed by atoms with Gasteiger partial charge < -0.3 is 15.5 Å². The third-order valence-corrected chi connectivity index (χ3v) is 6.69. The monoisotopic (exact) mass is 389 g/mol. The Morgan fingerprint density at radius 3 is 2.50 bits per heavy atom. The Morgan fingerprint density at radius 1 is 1.19 bits per heavy atom. The maximum atomic E-state index is 6.32. The van der Waals surface area contributed by atoms with Crippen LogP contribution in [0.4, 0.5) is 5.13 Å². The summed E-state index contributed by atoms with van der Waals surface area (Å²) in [4.78, 5) is 13.7. The standard InChI is InChI=1S/C19H24ClN5S/c20-16-4-2-15(3-5-16)19(6-1-7-19)14-23-17(21)24-9-11-25(12-10-24)18-22-8-13-26-18/h2-5,8,13H,1,6-7,9-12,14H2,(H2,21,23). The predicted octanol–water partition coefficient (Wildman–Crippen LogP) is 3.36. The van der Waals surface area contributed by atoms with Crippen LogP contribution in [0.15, 0.2) is 40.8 Å². The lowest BCUT2D eigenvalue weighted by Gasteiger charge is -2.42. The minimum absolute atomic E-state index is 0.137. The highest BCUT2D eigenvalue weighted by molar-refractivity contribution is 7.13. The molecule has 26 heavy (non-hydrogen) atoms. The van der Waals surface area contributed by atoms with Gasteiger partial charge in [-0.25, -0.2) is 4.98 Å². The number of benzene rings is 1. The molecular weight excluding hydrogens is 366 g/mol. The molecule has 4 rings (SSSR count). The molecular formula is C19H24ClN5S. The Hall–Kier alpha value is -1.79. The van der Waals surface area contributed by atoms with Gasteiger partial charge in [0.1, 0.15) is 0 Å². The van der Waals surface area contributed by atoms with Crippen molar-refractivity contribution in [3.63, 3.8) is 0 Å². The van der Waals surface area contributed by atoms with Gasteiger partial charge in [0.15, 0.2) is 11.1 Å². The van der Waals surface area contributed by atoms with Crippen molar-refractivity contribution in [2.45, 2.75) is 24.7 Å². The Kier molecular flexibility index (Phi) is 5.05. The Bertz CT molecular complexity index is 747. The smallest absolute Gasteiger partial charge is 0.191 e. The van der Waals surface area contributed by atoms with Crippen LogP contribution in [0.3, 0.4) is 0 Å². The molecule has 1 aromatic heterocycles. The summed E-state index contributed by atoms with van der Waals surface area (Å²) >= 11 is 7.73. The molecule has 1 saturated carbocycles. The number of guanidine groups is 1. The quantitative estimate of drug-likeness (QED) is 0.643. The SMILES string of the molecule is NC(=NCC1(c2ccc(Cl)cc2)CCC1)N1CCN(c2nccs2)CC1. The van der Waals surface area contributed by atoms with Gasteiger partial charge in [0.25, 0.3) is 0 Å². The zero-order chi connectivity index (χ0) is 18.0. The topological polar surface area (TPSA) is 57.8 Å². The summed E-state index contributed by atoms with van der Waals surface area (Å²) in [5, 5.41) is 3.90. The molecule has 0 amide bonds. The van der Waals surface area contributed by atoms with Crippen molar-refractivity contribution >= 4 is 34.0 Å². The number of nitrogens with two attached hydrogens (primary N) is 1. The van der Waals surface area contributed by atoms with Crippen molar-refractivity contribution in [3.8, 4) is 0 Å². The summed E-state index contributed by atoms with van der Waals surface area (Å²) in [6.07, 6.45) is 5.45. The lowest BCUT2D eigenvalue weighted by molar-refractivity contribution is 0.252. The second-order valence-corrected chi connectivity index (χ2v) is 8.41. The number of halogens is 1. The molecule has 7 heteroatoms. The molecule has 1 saturated heterocycles. The summed E-state index contributed by atoms with van der Waals surface area (Å²) in [5.74, 6) is 0.670. The van der Waals surface area contributed by atoms with E-state index in [4.69, 9.17) is 22.3 Å². The van der Waals surface area contributed by atoms with Gasteiger partial charge in [0.05, 0.1) is 6.54 Å². The van der Waals surface area contributed by atoms with E-state index in [1.54, 1.807) is 11.3 Å². The summed E-state index contributed by atoms with van der Waals surface area (Å²) in [7, 11) is 0. The molecule has 0 bridgehead atoms. The van der Waals surface area contributed by atoms with Gasteiger partial charge in [-0.1, -0.05) is 30.2 Å². The number of rotatable bonds is 4. The van der Waals surface area contributed by atoms with Crippen LogP contribution in [0.1, 0.15) is 24.8 Å². The van der Waals surface area contributed by atoms with E-state index in [0.717, 1.165) is 42.9 Å². The van der Waals surface area contributed by atoms with Gasteiger partial charge in [-0.3, -0.25) is 4.99 Å². The Balaban J connectivity index is 1.38. The van der Waals surface area contributed by atoms with Gasteiger partial charge in [0.2, 0.25) is 0 Å². The van der Waals surface area contributed by atoms with Crippen LogP contribution < -0.4 is 10.6 Å². The van der Waals surface area contributed by atoms with Crippen LogP contribution in [0.5, 0.6) is 0 Å². The van der Waals surface area contributed by atoms with Crippen molar-refractivity contribution in [2.24, 2.45) is 10.7 Å². The molecule has 0 unspecified atom stereocenters. The first-order chi connectivity index (χ1) is 12.7. The molecule has 0 radical (unpaired) electrons. The molecule has 5 nitrogen and oxygen atoms in total. The van der Waals surface area contributed by atoms with E-state index in [1.165, 1.54) is 24.8 Å². The Morgan fingerprint density at radius 2 is 1.92 bits per heavy atom. The van der Waals surface area contributed by atoms with Crippen LogP contribution >= 0.6 is 22.9 Å². The summed E-state index contributed by atoms with van der Waals surface area (Å²) in [6.45, 7) is 4.41. The van der Waals surface area contributed by atoms with Crippen LogP contribution in [0, 0.1) is 0 Å². The Labute approximate surface area is 163 Å². The van der Waals surface area contributed by atoms with Crippen LogP contribution in [-0.4, -0.2) is 48.6 Å². The fourth-order valence-corrected chi connectivity index (χ4v) is 4.60. The molecule has 138 valence electrons. The maximum Gasteiger partial charge on any atom is 0.191 e. The first kappa shape index (κ1) is 17.6. The fourth-order valence-electron chi connectivity index (χ4n) is 3.78. The molecule has 2 fully saturated rings. The average Bonchev–Trinajstić information content (AvgIpc) is 3.17. The number of piperazine rings is 1. The highest BCUT2D eigenvalue weighted by Crippen LogP contribution is 2.44. The average molecular weight is 390 g/mol. The third-order valence-electron chi connectivity index (χ3n) is 5.60. The highest BCUT2D eigenvalue weighted by Gasteiger charge is 2.38. The number of aliphatic imine (C=N–C) groups is 1. The molecule has 2 aromatic rings. The molecule has 2 N–H and O–H groups in total. The molecule has 0 spiro atoms. The zero-order valence-corrected chi connectivity index (χ0v) is 16.3. The minimum Gasteiger partial charge on any atom is -0.370 e. The molecule has 1 aliphatic heterocycles. The maximum absolute atomic E-state index is 6.32. The number of aromatic nitrogens is 1. The van der Waals surface area contributed by atoms with E-state index in [2.05, 4.69) is 26.9 Å². The van der Waals surface area contributed by atoms with Crippen molar-refractivity contribution in [3.05, 3.63) is 46.4 Å². The third kappa shape index (κ3) is 3.53. The summed E-state index contributed by atoms with van der Waals surface area (Å²) in [6, 6.07) is 8.23. The normalized spacial score (nSPS) is 20.1. The fraction of sp³-hybridized carbons (Fsp3) is 0.474. The molecule has 0 atom stereocenters. The number of nitrogens with zero attached hydrogens (tertiary/aromatic N) is 4. The second-order valence-electron chi connectivity index (χ2n) is 7.10. The van der Waals surface area contributed by atoms with Crippen molar-refractivity contribution < 1.29 is 0 Å². The van der Waals surface area contributed by atoms with E-state index in [9.17, 15) is 0 Å². The van der Waals surface area contributed by atoms with Crippen molar-refractivity contribution in [1.29, 1.82) is 0 Å². The number of hydrogen-bond donors (Lipinski definition) is 1. The predicted molar refractivity (Wildman–Crippen MR) is 109 cm³/mol. The van der Waals surface area contributed by atoms with Crippen LogP contribution in [-0.2, 0) is 5.41 Å². The molecule has 2 aliphatic rings. The van der Waals surface area contributed by atoms with E-state index < -0.39 is 0 Å². The van der Waals surface area contributed by atoms with E-state index >= 15 is 0 Å². The second kappa shape index (κ2) is 7.45. The molecule has 2 heterocycles. The van der Waals surface area contributed by atoms with Gasteiger partial charge in [-0.2, -0.15) is 0 Å². The van der Waals surface area contributed by atoms with Gasteiger partial charge in [-0.15, -0.1) is 11.3 Å². The highest BCUT2D eigenvalue weighted by atomic mass is 35.5. The van der Waals surface area contributed by atoms with Gasteiger partial charge in [0, 0.05) is 48.2 Å².